The quantitative estimate of drug-likeness (QED) is 0.760. The van der Waals surface area contributed by atoms with E-state index >= 15 is 0 Å². The molecule has 27 heavy (non-hydrogen) atoms. The van der Waals surface area contributed by atoms with E-state index in [0.29, 0.717) is 24.1 Å². The van der Waals surface area contributed by atoms with Gasteiger partial charge in [-0.15, -0.1) is 0 Å². The van der Waals surface area contributed by atoms with Crippen molar-refractivity contribution >= 4 is 17.3 Å². The van der Waals surface area contributed by atoms with E-state index in [-0.39, 0.29) is 17.9 Å². The van der Waals surface area contributed by atoms with Gasteiger partial charge in [0, 0.05) is 24.6 Å². The number of anilines is 1. The maximum atomic E-state index is 13.5. The second-order valence-electron chi connectivity index (χ2n) is 7.97. The van der Waals surface area contributed by atoms with Crippen LogP contribution in [0.5, 0.6) is 0 Å². The fourth-order valence-corrected chi connectivity index (χ4v) is 4.59. The Morgan fingerprint density at radius 3 is 2.41 bits per heavy atom. The molecule has 0 bridgehead atoms. The number of carbonyl (C=O) groups excluding carboxylic acids is 1. The fourth-order valence-electron chi connectivity index (χ4n) is 4.59. The molecule has 2 heterocycles. The molecule has 1 amide bonds. The Morgan fingerprint density at radius 2 is 1.78 bits per heavy atom. The highest BCUT2D eigenvalue weighted by Crippen LogP contribution is 2.43. The number of amides is 1. The van der Waals surface area contributed by atoms with Crippen LogP contribution in [0.1, 0.15) is 49.4 Å². The Hall–Kier alpha value is -2.05. The minimum atomic E-state index is -4.40. The number of fused-ring (bicyclic) bond motifs is 1. The average Bonchev–Trinajstić information content (AvgIpc) is 3.28. The molecule has 2 fully saturated rings. The second-order valence-corrected chi connectivity index (χ2v) is 7.97. The van der Waals surface area contributed by atoms with Gasteiger partial charge in [0.1, 0.15) is 5.71 Å². The van der Waals surface area contributed by atoms with Crippen LogP contribution in [0.25, 0.3) is 0 Å². The van der Waals surface area contributed by atoms with Crippen LogP contribution in [0.3, 0.4) is 0 Å². The smallest absolute Gasteiger partial charge is 0.339 e. The molecule has 146 valence electrons. The van der Waals surface area contributed by atoms with Gasteiger partial charge >= 0.3 is 6.18 Å². The van der Waals surface area contributed by atoms with Crippen molar-refractivity contribution in [2.24, 2.45) is 16.9 Å². The summed E-state index contributed by atoms with van der Waals surface area (Å²) in [6, 6.07) is 6.61. The van der Waals surface area contributed by atoms with Gasteiger partial charge in [-0.1, -0.05) is 6.92 Å². The molecule has 4 rings (SSSR count). The van der Waals surface area contributed by atoms with E-state index < -0.39 is 17.8 Å². The highest BCUT2D eigenvalue weighted by atomic mass is 19.4. The van der Waals surface area contributed by atoms with Gasteiger partial charge in [0.15, 0.2) is 0 Å². The predicted octanol–water partition coefficient (Wildman–Crippen LogP) is 4.47. The first kappa shape index (κ1) is 18.3. The van der Waals surface area contributed by atoms with E-state index in [1.54, 1.807) is 24.3 Å². The minimum Gasteiger partial charge on any atom is -0.339 e. The molecule has 4 nitrogen and oxygen atoms in total. The van der Waals surface area contributed by atoms with E-state index in [1.807, 2.05) is 11.8 Å². The third-order valence-corrected chi connectivity index (χ3v) is 6.02. The van der Waals surface area contributed by atoms with Crippen LogP contribution in [-0.2, 0) is 0 Å². The number of rotatable bonds is 2. The molecule has 2 aliphatic heterocycles. The van der Waals surface area contributed by atoms with Gasteiger partial charge in [-0.2, -0.15) is 18.3 Å². The molecule has 7 heteroatoms. The fraction of sp³-hybridized carbons (Fsp3) is 0.600. The molecule has 1 aliphatic carbocycles. The summed E-state index contributed by atoms with van der Waals surface area (Å²) < 4.78 is 40.4. The molecule has 3 atom stereocenters. The highest BCUT2D eigenvalue weighted by Gasteiger charge is 2.51. The molecule has 1 saturated heterocycles. The van der Waals surface area contributed by atoms with Crippen LogP contribution in [0.4, 0.5) is 18.9 Å². The van der Waals surface area contributed by atoms with Gasteiger partial charge in [-0.05, 0) is 62.3 Å². The Kier molecular flexibility index (Phi) is 4.64. The minimum absolute atomic E-state index is 0.00989. The first-order valence-corrected chi connectivity index (χ1v) is 9.69. The number of nitrogens with zero attached hydrogens (tertiary/aromatic N) is 3. The van der Waals surface area contributed by atoms with E-state index in [2.05, 4.69) is 5.10 Å². The number of benzene rings is 1. The predicted molar refractivity (Wildman–Crippen MR) is 97.8 cm³/mol. The van der Waals surface area contributed by atoms with Gasteiger partial charge in [-0.3, -0.25) is 9.80 Å². The number of carbonyl (C=O) groups is 1. The normalized spacial score (nSPS) is 28.3. The van der Waals surface area contributed by atoms with Crippen molar-refractivity contribution in [2.75, 3.05) is 18.1 Å². The summed E-state index contributed by atoms with van der Waals surface area (Å²) in [4.78, 5) is 14.3. The Balaban J connectivity index is 1.58. The summed E-state index contributed by atoms with van der Waals surface area (Å²) in [6.45, 7) is 3.55. The molecule has 3 unspecified atom stereocenters. The molecule has 3 aliphatic rings. The lowest BCUT2D eigenvalue weighted by Crippen LogP contribution is -2.40. The van der Waals surface area contributed by atoms with Gasteiger partial charge in [0.05, 0.1) is 11.7 Å². The summed E-state index contributed by atoms with van der Waals surface area (Å²) in [5.41, 5.74) is 0.543. The first-order valence-electron chi connectivity index (χ1n) is 9.69. The van der Waals surface area contributed by atoms with Crippen LogP contribution < -0.4 is 5.01 Å². The van der Waals surface area contributed by atoms with Crippen LogP contribution in [-0.4, -0.2) is 41.8 Å². The molecular weight excluding hydrogens is 355 g/mol. The molecule has 1 aromatic rings. The summed E-state index contributed by atoms with van der Waals surface area (Å²) in [5, 5.41) is 5.52. The molecule has 0 aromatic heterocycles. The Labute approximate surface area is 157 Å². The SMILES string of the molecule is CC1CCC2C(C1)C(C(F)(F)F)=NN2c1ccc(C(=O)N2CCCC2)cc1. The lowest BCUT2D eigenvalue weighted by atomic mass is 9.77. The van der Waals surface area contributed by atoms with Crippen LogP contribution >= 0.6 is 0 Å². The zero-order valence-electron chi connectivity index (χ0n) is 15.4. The van der Waals surface area contributed by atoms with Gasteiger partial charge < -0.3 is 4.90 Å². The van der Waals surface area contributed by atoms with E-state index in [1.165, 1.54) is 5.01 Å². The van der Waals surface area contributed by atoms with Crippen molar-refractivity contribution in [3.8, 4) is 0 Å². The van der Waals surface area contributed by atoms with Crippen LogP contribution in [0.2, 0.25) is 0 Å². The summed E-state index contributed by atoms with van der Waals surface area (Å²) >= 11 is 0. The highest BCUT2D eigenvalue weighted by molar-refractivity contribution is 5.96. The number of likely N-dealkylation sites (tertiary alicyclic amines) is 1. The summed E-state index contributed by atoms with van der Waals surface area (Å²) in [6.07, 6.45) is -0.235. The molecule has 1 aromatic carbocycles. The number of hydrogen-bond donors (Lipinski definition) is 0. The monoisotopic (exact) mass is 379 g/mol. The molecule has 0 spiro atoms. The zero-order chi connectivity index (χ0) is 19.2. The molecular formula is C20H24F3N3O. The Bertz CT molecular complexity index is 738. The third-order valence-electron chi connectivity index (χ3n) is 6.02. The van der Waals surface area contributed by atoms with Crippen molar-refractivity contribution < 1.29 is 18.0 Å². The molecule has 0 N–H and O–H groups in total. The lowest BCUT2D eigenvalue weighted by Gasteiger charge is -2.34. The van der Waals surface area contributed by atoms with E-state index in [9.17, 15) is 18.0 Å². The number of hydrazone groups is 1. The standard InChI is InChI=1S/C20H24F3N3O/c1-13-4-9-17-16(12-13)18(20(21,22)23)24-26(17)15-7-5-14(6-8-15)19(27)25-10-2-3-11-25/h5-8,13,16-17H,2-4,9-12H2,1H3. The van der Waals surface area contributed by atoms with Crippen LogP contribution in [0, 0.1) is 11.8 Å². The number of alkyl halides is 3. The Morgan fingerprint density at radius 1 is 1.11 bits per heavy atom. The van der Waals surface area contributed by atoms with Gasteiger partial charge in [0.2, 0.25) is 0 Å². The topological polar surface area (TPSA) is 35.9 Å². The number of hydrogen-bond acceptors (Lipinski definition) is 3. The van der Waals surface area contributed by atoms with Crippen molar-refractivity contribution in [3.63, 3.8) is 0 Å². The average molecular weight is 379 g/mol. The van der Waals surface area contributed by atoms with Crippen molar-refractivity contribution in [1.29, 1.82) is 0 Å². The lowest BCUT2D eigenvalue weighted by molar-refractivity contribution is -0.0631. The third kappa shape index (κ3) is 3.44. The second kappa shape index (κ2) is 6.84. The van der Waals surface area contributed by atoms with E-state index in [0.717, 1.165) is 32.4 Å². The van der Waals surface area contributed by atoms with Crippen molar-refractivity contribution in [3.05, 3.63) is 29.8 Å². The largest absolute Gasteiger partial charge is 0.431 e. The zero-order valence-corrected chi connectivity index (χ0v) is 15.4. The molecule has 0 radical (unpaired) electrons. The summed E-state index contributed by atoms with van der Waals surface area (Å²) in [7, 11) is 0. The maximum absolute atomic E-state index is 13.5. The van der Waals surface area contributed by atoms with E-state index in [4.69, 9.17) is 0 Å². The molecule has 1 saturated carbocycles. The van der Waals surface area contributed by atoms with Crippen LogP contribution in [0.15, 0.2) is 29.4 Å². The number of halogens is 3. The van der Waals surface area contributed by atoms with Gasteiger partial charge in [0.25, 0.3) is 5.91 Å². The van der Waals surface area contributed by atoms with Crippen molar-refractivity contribution in [2.45, 2.75) is 51.2 Å². The maximum Gasteiger partial charge on any atom is 0.431 e. The van der Waals surface area contributed by atoms with Gasteiger partial charge in [-0.25, -0.2) is 0 Å². The van der Waals surface area contributed by atoms with Crippen molar-refractivity contribution in [1.82, 2.24) is 4.90 Å². The summed E-state index contributed by atoms with van der Waals surface area (Å²) in [5.74, 6) is -0.303. The first-order chi connectivity index (χ1) is 12.8.